The van der Waals surface area contributed by atoms with Crippen LogP contribution in [0.25, 0.3) is 9.75 Å². The van der Waals surface area contributed by atoms with Crippen LogP contribution in [0.4, 0.5) is 0 Å². The average Bonchev–Trinajstić information content (AvgIpc) is 2.71. The molecule has 0 aromatic carbocycles. The standard InChI is InChI=1S/C11H12S2/c1-2-4-9-6-8-13-11(9)10-5-3-7-12-10/h3,5-8H,2,4H2,1H3. The SMILES string of the molecule is CCCc1ccsc1-c1cccs1. The Labute approximate surface area is 86.9 Å². The molecule has 0 unspecified atom stereocenters. The summed E-state index contributed by atoms with van der Waals surface area (Å²) in [5.41, 5.74) is 1.51. The van der Waals surface area contributed by atoms with Crippen molar-refractivity contribution in [1.29, 1.82) is 0 Å². The van der Waals surface area contributed by atoms with Gasteiger partial charge in [-0.15, -0.1) is 22.7 Å². The summed E-state index contributed by atoms with van der Waals surface area (Å²) in [4.78, 5) is 2.88. The molecule has 0 aliphatic carbocycles. The second-order valence-corrected chi connectivity index (χ2v) is 4.87. The van der Waals surface area contributed by atoms with Gasteiger partial charge < -0.3 is 0 Å². The Morgan fingerprint density at radius 1 is 1.15 bits per heavy atom. The van der Waals surface area contributed by atoms with Gasteiger partial charge in [0.25, 0.3) is 0 Å². The smallest absolute Gasteiger partial charge is 0.0474 e. The molecule has 68 valence electrons. The van der Waals surface area contributed by atoms with Gasteiger partial charge in [0.1, 0.15) is 0 Å². The van der Waals surface area contributed by atoms with Crippen LogP contribution in [0, 0.1) is 0 Å². The van der Waals surface area contributed by atoms with Crippen molar-refractivity contribution in [3.8, 4) is 9.75 Å². The van der Waals surface area contributed by atoms with Gasteiger partial charge in [-0.1, -0.05) is 19.4 Å². The average molecular weight is 208 g/mol. The molecule has 0 radical (unpaired) electrons. The second kappa shape index (κ2) is 4.07. The molecule has 2 aromatic heterocycles. The summed E-state index contributed by atoms with van der Waals surface area (Å²) in [6, 6.07) is 6.58. The van der Waals surface area contributed by atoms with E-state index in [2.05, 4.69) is 35.9 Å². The molecule has 2 rings (SSSR count). The minimum atomic E-state index is 1.21. The molecule has 0 fully saturated rings. The zero-order valence-corrected chi connectivity index (χ0v) is 9.25. The maximum atomic E-state index is 2.25. The fourth-order valence-electron chi connectivity index (χ4n) is 1.43. The maximum Gasteiger partial charge on any atom is 0.0474 e. The first-order valence-corrected chi connectivity index (χ1v) is 6.28. The lowest BCUT2D eigenvalue weighted by Crippen LogP contribution is -1.80. The van der Waals surface area contributed by atoms with Crippen LogP contribution in [0.3, 0.4) is 0 Å². The molecule has 0 N–H and O–H groups in total. The quantitative estimate of drug-likeness (QED) is 0.700. The summed E-state index contributed by atoms with van der Waals surface area (Å²) in [6.07, 6.45) is 2.44. The van der Waals surface area contributed by atoms with Crippen LogP contribution in [0.15, 0.2) is 29.0 Å². The molecule has 13 heavy (non-hydrogen) atoms. The Morgan fingerprint density at radius 2 is 2.08 bits per heavy atom. The van der Waals surface area contributed by atoms with Crippen molar-refractivity contribution < 1.29 is 0 Å². The van der Waals surface area contributed by atoms with Gasteiger partial charge in [0.15, 0.2) is 0 Å². The lowest BCUT2D eigenvalue weighted by molar-refractivity contribution is 0.928. The molecule has 0 saturated carbocycles. The fraction of sp³-hybridized carbons (Fsp3) is 0.273. The van der Waals surface area contributed by atoms with Crippen LogP contribution in [-0.2, 0) is 6.42 Å². The molecule has 0 atom stereocenters. The fourth-order valence-corrected chi connectivity index (χ4v) is 3.29. The normalized spacial score (nSPS) is 10.5. The molecule has 0 nitrogen and oxygen atoms in total. The Hall–Kier alpha value is -0.600. The van der Waals surface area contributed by atoms with Gasteiger partial charge in [0, 0.05) is 9.75 Å². The van der Waals surface area contributed by atoms with E-state index in [-0.39, 0.29) is 0 Å². The van der Waals surface area contributed by atoms with Crippen molar-refractivity contribution in [3.63, 3.8) is 0 Å². The third kappa shape index (κ3) is 1.84. The van der Waals surface area contributed by atoms with Gasteiger partial charge in [-0.3, -0.25) is 0 Å². The van der Waals surface area contributed by atoms with E-state index in [9.17, 15) is 0 Å². The highest BCUT2D eigenvalue weighted by atomic mass is 32.1. The Bertz CT molecular complexity index is 357. The number of thiophene rings is 2. The molecule has 0 saturated heterocycles. The van der Waals surface area contributed by atoms with E-state index < -0.39 is 0 Å². The molecule has 2 aromatic rings. The van der Waals surface area contributed by atoms with Gasteiger partial charge in [-0.05, 0) is 34.9 Å². The molecule has 0 amide bonds. The highest BCUT2D eigenvalue weighted by Crippen LogP contribution is 2.33. The summed E-state index contributed by atoms with van der Waals surface area (Å²) in [5, 5.41) is 4.34. The summed E-state index contributed by atoms with van der Waals surface area (Å²) in [5.74, 6) is 0. The van der Waals surface area contributed by atoms with E-state index in [1.54, 1.807) is 0 Å². The highest BCUT2D eigenvalue weighted by Gasteiger charge is 2.05. The number of hydrogen-bond acceptors (Lipinski definition) is 2. The first-order chi connectivity index (χ1) is 6.42. The summed E-state index contributed by atoms with van der Waals surface area (Å²) >= 11 is 3.69. The van der Waals surface area contributed by atoms with E-state index >= 15 is 0 Å². The Morgan fingerprint density at radius 3 is 2.77 bits per heavy atom. The molecule has 0 aliphatic rings. The van der Waals surface area contributed by atoms with E-state index in [0.717, 1.165) is 0 Å². The van der Waals surface area contributed by atoms with Gasteiger partial charge in [-0.2, -0.15) is 0 Å². The molecule has 2 heterocycles. The lowest BCUT2D eigenvalue weighted by atomic mass is 10.1. The highest BCUT2D eigenvalue weighted by molar-refractivity contribution is 7.20. The second-order valence-electron chi connectivity index (χ2n) is 3.00. The maximum absolute atomic E-state index is 2.25. The van der Waals surface area contributed by atoms with E-state index in [0.29, 0.717) is 0 Å². The molecule has 2 heteroatoms. The van der Waals surface area contributed by atoms with Crippen LogP contribution < -0.4 is 0 Å². The molecular weight excluding hydrogens is 196 g/mol. The number of hydrogen-bond donors (Lipinski definition) is 0. The summed E-state index contributed by atoms with van der Waals surface area (Å²) in [6.45, 7) is 2.23. The Kier molecular flexibility index (Phi) is 2.81. The minimum Gasteiger partial charge on any atom is -0.143 e. The molecule has 0 bridgehead atoms. The molecule has 0 aliphatic heterocycles. The topological polar surface area (TPSA) is 0 Å². The van der Waals surface area contributed by atoms with Crippen LogP contribution in [-0.4, -0.2) is 0 Å². The largest absolute Gasteiger partial charge is 0.143 e. The predicted molar refractivity (Wildman–Crippen MR) is 61.6 cm³/mol. The number of rotatable bonds is 3. The van der Waals surface area contributed by atoms with Crippen molar-refractivity contribution in [1.82, 2.24) is 0 Å². The molecular formula is C11H12S2. The van der Waals surface area contributed by atoms with Crippen LogP contribution in [0.2, 0.25) is 0 Å². The zero-order chi connectivity index (χ0) is 9.10. The lowest BCUT2D eigenvalue weighted by Gasteiger charge is -1.98. The van der Waals surface area contributed by atoms with Crippen molar-refractivity contribution >= 4 is 22.7 Å². The number of aryl methyl sites for hydroxylation is 1. The van der Waals surface area contributed by atoms with Gasteiger partial charge in [-0.25, -0.2) is 0 Å². The Balaban J connectivity index is 2.35. The first kappa shape index (κ1) is 8.97. The predicted octanol–water partition coefficient (Wildman–Crippen LogP) is 4.43. The van der Waals surface area contributed by atoms with Gasteiger partial charge in [0.05, 0.1) is 0 Å². The molecule has 0 spiro atoms. The van der Waals surface area contributed by atoms with Crippen molar-refractivity contribution in [2.75, 3.05) is 0 Å². The minimum absolute atomic E-state index is 1.21. The van der Waals surface area contributed by atoms with Crippen LogP contribution >= 0.6 is 22.7 Å². The zero-order valence-electron chi connectivity index (χ0n) is 7.62. The van der Waals surface area contributed by atoms with Gasteiger partial charge in [0.2, 0.25) is 0 Å². The summed E-state index contributed by atoms with van der Waals surface area (Å²) in [7, 11) is 0. The third-order valence-electron chi connectivity index (χ3n) is 2.01. The monoisotopic (exact) mass is 208 g/mol. The van der Waals surface area contributed by atoms with E-state index in [1.807, 2.05) is 22.7 Å². The summed E-state index contributed by atoms with van der Waals surface area (Å²) < 4.78 is 0. The van der Waals surface area contributed by atoms with Gasteiger partial charge >= 0.3 is 0 Å². The van der Waals surface area contributed by atoms with E-state index in [1.165, 1.54) is 28.2 Å². The van der Waals surface area contributed by atoms with Crippen LogP contribution in [0.1, 0.15) is 18.9 Å². The van der Waals surface area contributed by atoms with E-state index in [4.69, 9.17) is 0 Å². The van der Waals surface area contributed by atoms with Crippen molar-refractivity contribution in [3.05, 3.63) is 34.5 Å². The van der Waals surface area contributed by atoms with Crippen molar-refractivity contribution in [2.45, 2.75) is 19.8 Å². The van der Waals surface area contributed by atoms with Crippen molar-refractivity contribution in [2.24, 2.45) is 0 Å². The first-order valence-electron chi connectivity index (χ1n) is 4.52. The van der Waals surface area contributed by atoms with Crippen LogP contribution in [0.5, 0.6) is 0 Å². The third-order valence-corrected chi connectivity index (χ3v) is 4.02.